The van der Waals surface area contributed by atoms with Gasteiger partial charge in [-0.05, 0) is 47.6 Å². The average Bonchev–Trinajstić information content (AvgIpc) is 2.92. The first-order valence-electron chi connectivity index (χ1n) is 13.0. The third kappa shape index (κ3) is 8.95. The molecule has 2 N–H and O–H groups in total. The lowest BCUT2D eigenvalue weighted by atomic mass is 9.88. The highest BCUT2D eigenvalue weighted by Gasteiger charge is 2.45. The Kier molecular flexibility index (Phi) is 10.9. The first kappa shape index (κ1) is 30.9. The van der Waals surface area contributed by atoms with E-state index in [1.54, 1.807) is 18.2 Å². The number of benzene rings is 3. The van der Waals surface area contributed by atoms with Crippen LogP contribution in [0, 0.1) is 5.92 Å². The summed E-state index contributed by atoms with van der Waals surface area (Å²) in [7, 11) is 0. The number of rotatable bonds is 12. The summed E-state index contributed by atoms with van der Waals surface area (Å²) >= 11 is 6.21. The van der Waals surface area contributed by atoms with E-state index < -0.39 is 41.8 Å². The van der Waals surface area contributed by atoms with Crippen LogP contribution in [-0.2, 0) is 20.8 Å². The van der Waals surface area contributed by atoms with Crippen molar-refractivity contribution in [1.29, 1.82) is 0 Å². The first-order chi connectivity index (χ1) is 19.0. The van der Waals surface area contributed by atoms with Crippen LogP contribution in [0.2, 0.25) is 5.02 Å². The molecule has 0 aliphatic heterocycles. The SMILES string of the molecule is CC(C)[C@H](NC(=O)[C@H](CCc1ccccc1)NC(=O)CC(c1ccccc1)c1cccc(Cl)c1)C(=O)C(F)(F)F. The van der Waals surface area contributed by atoms with Crippen LogP contribution in [0.25, 0.3) is 0 Å². The highest BCUT2D eigenvalue weighted by Crippen LogP contribution is 2.30. The van der Waals surface area contributed by atoms with Gasteiger partial charge in [0.25, 0.3) is 5.78 Å². The molecule has 0 aromatic heterocycles. The highest BCUT2D eigenvalue weighted by atomic mass is 35.5. The van der Waals surface area contributed by atoms with Crippen molar-refractivity contribution in [3.8, 4) is 0 Å². The zero-order valence-electron chi connectivity index (χ0n) is 22.3. The third-order valence-corrected chi connectivity index (χ3v) is 6.82. The fourth-order valence-electron chi connectivity index (χ4n) is 4.47. The van der Waals surface area contributed by atoms with Gasteiger partial charge >= 0.3 is 6.18 Å². The van der Waals surface area contributed by atoms with Crippen LogP contribution in [0.5, 0.6) is 0 Å². The van der Waals surface area contributed by atoms with E-state index in [1.165, 1.54) is 13.8 Å². The Labute approximate surface area is 237 Å². The normalized spacial score (nSPS) is 13.8. The van der Waals surface area contributed by atoms with Crippen molar-refractivity contribution in [2.75, 3.05) is 0 Å². The van der Waals surface area contributed by atoms with E-state index in [1.807, 2.05) is 66.7 Å². The number of nitrogens with one attached hydrogen (secondary N) is 2. The molecule has 0 radical (unpaired) electrons. The molecular formula is C31H32ClF3N2O3. The molecule has 3 aromatic carbocycles. The Morgan fingerprint density at radius 1 is 0.825 bits per heavy atom. The predicted octanol–water partition coefficient (Wildman–Crippen LogP) is 6.25. The molecule has 0 aliphatic rings. The number of halogens is 4. The second kappa shape index (κ2) is 14.1. The summed E-state index contributed by atoms with van der Waals surface area (Å²) in [5, 5.41) is 5.47. The summed E-state index contributed by atoms with van der Waals surface area (Å²) in [6.07, 6.45) is -4.63. The second-order valence-electron chi connectivity index (χ2n) is 9.96. The molecule has 2 amide bonds. The molecule has 5 nitrogen and oxygen atoms in total. The monoisotopic (exact) mass is 572 g/mol. The molecule has 3 atom stereocenters. The van der Waals surface area contributed by atoms with Crippen LogP contribution in [0.4, 0.5) is 13.2 Å². The van der Waals surface area contributed by atoms with Gasteiger partial charge in [0, 0.05) is 17.4 Å². The van der Waals surface area contributed by atoms with E-state index in [0.717, 1.165) is 16.7 Å². The van der Waals surface area contributed by atoms with Gasteiger partial charge < -0.3 is 10.6 Å². The van der Waals surface area contributed by atoms with E-state index in [9.17, 15) is 27.6 Å². The summed E-state index contributed by atoms with van der Waals surface area (Å²) in [5.74, 6) is -4.54. The standard InChI is InChI=1S/C31H32ClF3N2O3/c1-20(2)28(29(39)31(33,34)35)37-30(40)26(17-16-21-10-5-3-6-11-21)36-27(38)19-25(22-12-7-4-8-13-22)23-14-9-15-24(32)18-23/h3-15,18,20,25-26,28H,16-17,19H2,1-2H3,(H,36,38)(H,37,40)/t25?,26-,28-/m0/s1. The maximum atomic E-state index is 13.4. The molecule has 40 heavy (non-hydrogen) atoms. The van der Waals surface area contributed by atoms with Gasteiger partial charge in [0.15, 0.2) is 0 Å². The minimum absolute atomic E-state index is 0.0332. The average molecular weight is 573 g/mol. The molecule has 0 fully saturated rings. The maximum absolute atomic E-state index is 13.4. The molecule has 0 heterocycles. The summed E-state index contributed by atoms with van der Waals surface area (Å²) in [5.41, 5.74) is 2.55. The summed E-state index contributed by atoms with van der Waals surface area (Å²) in [4.78, 5) is 38.6. The van der Waals surface area contributed by atoms with Crippen molar-refractivity contribution in [3.05, 3.63) is 107 Å². The lowest BCUT2D eigenvalue weighted by Crippen LogP contribution is -2.55. The number of amides is 2. The lowest BCUT2D eigenvalue weighted by Gasteiger charge is -2.26. The van der Waals surface area contributed by atoms with E-state index in [0.29, 0.717) is 11.4 Å². The minimum Gasteiger partial charge on any atom is -0.344 e. The number of hydrogen-bond donors (Lipinski definition) is 2. The fourth-order valence-corrected chi connectivity index (χ4v) is 4.66. The van der Waals surface area contributed by atoms with Gasteiger partial charge in [0.1, 0.15) is 6.04 Å². The van der Waals surface area contributed by atoms with E-state index in [4.69, 9.17) is 11.6 Å². The lowest BCUT2D eigenvalue weighted by molar-refractivity contribution is -0.175. The Morgan fingerprint density at radius 2 is 1.43 bits per heavy atom. The zero-order chi connectivity index (χ0) is 29.3. The summed E-state index contributed by atoms with van der Waals surface area (Å²) in [6.45, 7) is 2.84. The number of Topliss-reactive ketones (excluding diaryl/α,β-unsaturated/α-hetero) is 1. The Hall–Kier alpha value is -3.65. The van der Waals surface area contributed by atoms with Crippen LogP contribution >= 0.6 is 11.6 Å². The van der Waals surface area contributed by atoms with Gasteiger partial charge in [0.05, 0.1) is 6.04 Å². The maximum Gasteiger partial charge on any atom is 0.452 e. The van der Waals surface area contributed by atoms with Crippen LogP contribution in [0.3, 0.4) is 0 Å². The quantitative estimate of drug-likeness (QED) is 0.269. The van der Waals surface area contributed by atoms with Crippen molar-refractivity contribution in [2.24, 2.45) is 5.92 Å². The summed E-state index contributed by atoms with van der Waals surface area (Å²) < 4.78 is 39.6. The van der Waals surface area contributed by atoms with Gasteiger partial charge in [-0.25, -0.2) is 0 Å². The van der Waals surface area contributed by atoms with Crippen LogP contribution in [0.15, 0.2) is 84.9 Å². The van der Waals surface area contributed by atoms with Gasteiger partial charge in [-0.3, -0.25) is 14.4 Å². The van der Waals surface area contributed by atoms with Gasteiger partial charge in [0.2, 0.25) is 11.8 Å². The molecule has 3 rings (SSSR count). The van der Waals surface area contributed by atoms with Crippen molar-refractivity contribution >= 4 is 29.2 Å². The Balaban J connectivity index is 1.83. The van der Waals surface area contributed by atoms with Crippen LogP contribution < -0.4 is 10.6 Å². The van der Waals surface area contributed by atoms with Gasteiger partial charge in [-0.15, -0.1) is 0 Å². The van der Waals surface area contributed by atoms with Crippen molar-refractivity contribution in [1.82, 2.24) is 10.6 Å². The van der Waals surface area contributed by atoms with E-state index in [-0.39, 0.29) is 18.8 Å². The number of hydrogen-bond acceptors (Lipinski definition) is 3. The van der Waals surface area contributed by atoms with Crippen LogP contribution in [-0.4, -0.2) is 35.9 Å². The Morgan fingerprint density at radius 3 is 2.00 bits per heavy atom. The molecule has 3 aromatic rings. The van der Waals surface area contributed by atoms with Crippen molar-refractivity contribution in [3.63, 3.8) is 0 Å². The summed E-state index contributed by atoms with van der Waals surface area (Å²) in [6, 6.07) is 22.7. The molecule has 0 aliphatic carbocycles. The predicted molar refractivity (Wildman–Crippen MR) is 149 cm³/mol. The fraction of sp³-hybridized carbons (Fsp3) is 0.323. The number of ketones is 1. The number of aryl methyl sites for hydroxylation is 1. The minimum atomic E-state index is -5.11. The third-order valence-electron chi connectivity index (χ3n) is 6.59. The molecule has 0 bridgehead atoms. The first-order valence-corrected chi connectivity index (χ1v) is 13.4. The van der Waals surface area contributed by atoms with E-state index >= 15 is 0 Å². The number of carbonyl (C=O) groups is 3. The number of alkyl halides is 3. The van der Waals surface area contributed by atoms with E-state index in [2.05, 4.69) is 10.6 Å². The molecular weight excluding hydrogens is 541 g/mol. The largest absolute Gasteiger partial charge is 0.452 e. The van der Waals surface area contributed by atoms with Crippen molar-refractivity contribution in [2.45, 2.75) is 57.3 Å². The topological polar surface area (TPSA) is 75.3 Å². The molecule has 0 saturated carbocycles. The second-order valence-corrected chi connectivity index (χ2v) is 10.4. The zero-order valence-corrected chi connectivity index (χ0v) is 23.0. The smallest absolute Gasteiger partial charge is 0.344 e. The molecule has 212 valence electrons. The molecule has 0 spiro atoms. The van der Waals surface area contributed by atoms with Gasteiger partial charge in [-0.1, -0.05) is 98.2 Å². The molecule has 0 saturated heterocycles. The van der Waals surface area contributed by atoms with Crippen LogP contribution in [0.1, 0.15) is 49.3 Å². The molecule has 1 unspecified atom stereocenters. The van der Waals surface area contributed by atoms with Crippen molar-refractivity contribution < 1.29 is 27.6 Å². The highest BCUT2D eigenvalue weighted by molar-refractivity contribution is 6.30. The molecule has 9 heteroatoms. The number of carbonyl (C=O) groups excluding carboxylic acids is 3. The Bertz CT molecular complexity index is 1280. The van der Waals surface area contributed by atoms with Gasteiger partial charge in [-0.2, -0.15) is 13.2 Å².